The third kappa shape index (κ3) is 2.68. The highest BCUT2D eigenvalue weighted by Crippen LogP contribution is 2.17. The molecule has 0 aromatic carbocycles. The highest BCUT2D eigenvalue weighted by Gasteiger charge is 2.12. The molecule has 0 fully saturated rings. The first-order valence-electron chi connectivity index (χ1n) is 5.51. The average Bonchev–Trinajstić information content (AvgIpc) is 2.81. The van der Waals surface area contributed by atoms with Crippen molar-refractivity contribution in [3.8, 4) is 0 Å². The lowest BCUT2D eigenvalue weighted by Gasteiger charge is -2.09. The monoisotopic (exact) mass is 262 g/mol. The summed E-state index contributed by atoms with van der Waals surface area (Å²) in [5.74, 6) is 0.169. The Kier molecular flexibility index (Phi) is 3.94. The summed E-state index contributed by atoms with van der Waals surface area (Å²) in [6, 6.07) is 3.41. The molecule has 0 aliphatic heterocycles. The van der Waals surface area contributed by atoms with E-state index in [0.29, 0.717) is 17.9 Å². The zero-order valence-corrected chi connectivity index (χ0v) is 11.1. The molecule has 5 heteroatoms. The first kappa shape index (κ1) is 12.6. The molecule has 4 nitrogen and oxygen atoms in total. The van der Waals surface area contributed by atoms with Gasteiger partial charge in [0.1, 0.15) is 11.4 Å². The van der Waals surface area contributed by atoms with Gasteiger partial charge in [-0.25, -0.2) is 9.78 Å². The van der Waals surface area contributed by atoms with Crippen LogP contribution in [0.3, 0.4) is 0 Å². The van der Waals surface area contributed by atoms with Gasteiger partial charge in [0.2, 0.25) is 0 Å². The molecule has 2 aromatic rings. The molecule has 0 aliphatic carbocycles. The Balaban J connectivity index is 2.14. The summed E-state index contributed by atoms with van der Waals surface area (Å²) in [5, 5.41) is 7.35. The second-order valence-electron chi connectivity index (χ2n) is 3.82. The van der Waals surface area contributed by atoms with Crippen LogP contribution >= 0.6 is 11.3 Å². The van der Waals surface area contributed by atoms with Gasteiger partial charge in [0.05, 0.1) is 7.11 Å². The zero-order chi connectivity index (χ0) is 13.0. The van der Waals surface area contributed by atoms with E-state index >= 15 is 0 Å². The first-order valence-corrected chi connectivity index (χ1v) is 6.45. The van der Waals surface area contributed by atoms with E-state index in [0.717, 1.165) is 0 Å². The van der Waals surface area contributed by atoms with Crippen molar-refractivity contribution >= 4 is 23.1 Å². The minimum absolute atomic E-state index is 0.382. The van der Waals surface area contributed by atoms with Gasteiger partial charge in [0, 0.05) is 12.7 Å². The molecular formula is C13H14N2O2S. The number of hydrogen-bond donors (Lipinski definition) is 1. The van der Waals surface area contributed by atoms with Crippen molar-refractivity contribution in [3.63, 3.8) is 0 Å². The molecular weight excluding hydrogens is 248 g/mol. The number of carbonyl (C=O) groups is 1. The summed E-state index contributed by atoms with van der Waals surface area (Å²) in [6.45, 7) is 2.71. The molecule has 18 heavy (non-hydrogen) atoms. The van der Waals surface area contributed by atoms with Crippen molar-refractivity contribution in [2.45, 2.75) is 13.5 Å². The predicted molar refractivity (Wildman–Crippen MR) is 72.0 cm³/mol. The van der Waals surface area contributed by atoms with Gasteiger partial charge in [-0.2, -0.15) is 11.3 Å². The Morgan fingerprint density at radius 2 is 2.33 bits per heavy atom. The molecule has 0 saturated heterocycles. The minimum Gasteiger partial charge on any atom is -0.465 e. The smallest absolute Gasteiger partial charge is 0.341 e. The van der Waals surface area contributed by atoms with Gasteiger partial charge in [0.25, 0.3) is 0 Å². The second-order valence-corrected chi connectivity index (χ2v) is 4.57. The lowest BCUT2D eigenvalue weighted by atomic mass is 10.2. The summed E-state index contributed by atoms with van der Waals surface area (Å²) < 4.78 is 4.72. The maximum Gasteiger partial charge on any atom is 0.341 e. The number of carbonyl (C=O) groups excluding carboxylic acids is 1. The number of pyridine rings is 1. The Bertz CT molecular complexity index is 551. The minimum atomic E-state index is -0.382. The number of anilines is 1. The Hall–Kier alpha value is -1.88. The van der Waals surface area contributed by atoms with Gasteiger partial charge in [-0.05, 0) is 40.9 Å². The van der Waals surface area contributed by atoms with Gasteiger partial charge < -0.3 is 10.1 Å². The van der Waals surface area contributed by atoms with Crippen molar-refractivity contribution in [1.29, 1.82) is 0 Å². The average molecular weight is 262 g/mol. The van der Waals surface area contributed by atoms with Crippen molar-refractivity contribution in [1.82, 2.24) is 4.98 Å². The van der Waals surface area contributed by atoms with E-state index < -0.39 is 0 Å². The van der Waals surface area contributed by atoms with Gasteiger partial charge in [-0.3, -0.25) is 0 Å². The standard InChI is InChI=1S/C13H14N2O2S/c1-9-7-18-8-10(9)6-15-12-11(13(16)17-2)4-3-5-14-12/h3-5,7-8H,6H2,1-2H3,(H,14,15). The van der Waals surface area contributed by atoms with Crippen LogP contribution < -0.4 is 5.32 Å². The van der Waals surface area contributed by atoms with E-state index in [4.69, 9.17) is 4.74 Å². The predicted octanol–water partition coefficient (Wildman–Crippen LogP) is 2.85. The van der Waals surface area contributed by atoms with Crippen molar-refractivity contribution in [3.05, 3.63) is 45.8 Å². The fourth-order valence-electron chi connectivity index (χ4n) is 1.57. The Morgan fingerprint density at radius 3 is 3.00 bits per heavy atom. The van der Waals surface area contributed by atoms with Crippen LogP contribution in [0.1, 0.15) is 21.5 Å². The van der Waals surface area contributed by atoms with Crippen LogP contribution in [0, 0.1) is 6.92 Å². The molecule has 0 amide bonds. The van der Waals surface area contributed by atoms with Crippen LogP contribution in [-0.2, 0) is 11.3 Å². The fraction of sp³-hybridized carbons (Fsp3) is 0.231. The number of thiophene rings is 1. The normalized spacial score (nSPS) is 10.1. The number of nitrogens with zero attached hydrogens (tertiary/aromatic N) is 1. The summed E-state index contributed by atoms with van der Waals surface area (Å²) in [5.41, 5.74) is 2.90. The molecule has 2 aromatic heterocycles. The van der Waals surface area contributed by atoms with Crippen LogP contribution in [0.25, 0.3) is 0 Å². The summed E-state index contributed by atoms with van der Waals surface area (Å²) >= 11 is 1.66. The number of methoxy groups -OCH3 is 1. The van der Waals surface area contributed by atoms with E-state index in [1.807, 2.05) is 0 Å². The largest absolute Gasteiger partial charge is 0.465 e. The maximum absolute atomic E-state index is 11.6. The molecule has 0 spiro atoms. The fourth-order valence-corrected chi connectivity index (χ4v) is 2.42. The summed E-state index contributed by atoms with van der Waals surface area (Å²) in [7, 11) is 1.36. The van der Waals surface area contributed by atoms with E-state index in [-0.39, 0.29) is 5.97 Å². The molecule has 0 atom stereocenters. The number of nitrogens with one attached hydrogen (secondary N) is 1. The third-order valence-electron chi connectivity index (χ3n) is 2.62. The van der Waals surface area contributed by atoms with Crippen molar-refractivity contribution in [2.75, 3.05) is 12.4 Å². The number of aromatic nitrogens is 1. The van der Waals surface area contributed by atoms with E-state index in [1.54, 1.807) is 29.7 Å². The highest BCUT2D eigenvalue weighted by molar-refractivity contribution is 7.08. The number of ether oxygens (including phenoxy) is 1. The van der Waals surface area contributed by atoms with Gasteiger partial charge >= 0.3 is 5.97 Å². The third-order valence-corrected chi connectivity index (χ3v) is 3.53. The highest BCUT2D eigenvalue weighted by atomic mass is 32.1. The molecule has 0 radical (unpaired) electrons. The van der Waals surface area contributed by atoms with Crippen molar-refractivity contribution < 1.29 is 9.53 Å². The van der Waals surface area contributed by atoms with Gasteiger partial charge in [0.15, 0.2) is 0 Å². The first-order chi connectivity index (χ1) is 8.72. The lowest BCUT2D eigenvalue weighted by Crippen LogP contribution is -2.09. The van der Waals surface area contributed by atoms with E-state index in [9.17, 15) is 4.79 Å². The van der Waals surface area contributed by atoms with Gasteiger partial charge in [-0.1, -0.05) is 0 Å². The topological polar surface area (TPSA) is 51.2 Å². The van der Waals surface area contributed by atoms with E-state index in [1.165, 1.54) is 18.2 Å². The molecule has 2 heterocycles. The Labute approximate surface area is 110 Å². The van der Waals surface area contributed by atoms with Crippen LogP contribution in [0.2, 0.25) is 0 Å². The summed E-state index contributed by atoms with van der Waals surface area (Å²) in [6.07, 6.45) is 1.65. The SMILES string of the molecule is COC(=O)c1cccnc1NCc1cscc1C. The number of esters is 1. The quantitative estimate of drug-likeness (QED) is 0.861. The number of aryl methyl sites for hydroxylation is 1. The molecule has 2 rings (SSSR count). The molecule has 0 unspecified atom stereocenters. The van der Waals surface area contributed by atoms with Crippen LogP contribution in [0.5, 0.6) is 0 Å². The molecule has 0 aliphatic rings. The maximum atomic E-state index is 11.6. The summed E-state index contributed by atoms with van der Waals surface area (Å²) in [4.78, 5) is 15.7. The van der Waals surface area contributed by atoms with Crippen LogP contribution in [0.15, 0.2) is 29.1 Å². The zero-order valence-electron chi connectivity index (χ0n) is 10.3. The number of hydrogen-bond acceptors (Lipinski definition) is 5. The molecule has 0 bridgehead atoms. The lowest BCUT2D eigenvalue weighted by molar-refractivity contribution is 0.0601. The molecule has 94 valence electrons. The molecule has 1 N–H and O–H groups in total. The second kappa shape index (κ2) is 5.64. The van der Waals surface area contributed by atoms with Crippen LogP contribution in [0.4, 0.5) is 5.82 Å². The van der Waals surface area contributed by atoms with Crippen LogP contribution in [-0.4, -0.2) is 18.1 Å². The van der Waals surface area contributed by atoms with E-state index in [2.05, 4.69) is 28.0 Å². The van der Waals surface area contributed by atoms with Crippen molar-refractivity contribution in [2.24, 2.45) is 0 Å². The van der Waals surface area contributed by atoms with Gasteiger partial charge in [-0.15, -0.1) is 0 Å². The number of rotatable bonds is 4. The Morgan fingerprint density at radius 1 is 1.50 bits per heavy atom. The molecule has 0 saturated carbocycles.